The quantitative estimate of drug-likeness (QED) is 0.899. The average Bonchev–Trinajstić information content (AvgIpc) is 2.85. The number of benzene rings is 1. The van der Waals surface area contributed by atoms with E-state index in [4.69, 9.17) is 4.74 Å². The van der Waals surface area contributed by atoms with Crippen molar-refractivity contribution in [2.24, 2.45) is 0 Å². The van der Waals surface area contributed by atoms with Gasteiger partial charge in [-0.2, -0.15) is 0 Å². The van der Waals surface area contributed by atoms with Gasteiger partial charge in [-0.15, -0.1) is 0 Å². The predicted molar refractivity (Wildman–Crippen MR) is 81.9 cm³/mol. The van der Waals surface area contributed by atoms with E-state index in [0.29, 0.717) is 18.4 Å². The summed E-state index contributed by atoms with van der Waals surface area (Å²) in [5, 5.41) is 9.95. The molecule has 1 fully saturated rings. The number of carbonyl (C=O) groups excluding carboxylic acids is 1. The van der Waals surface area contributed by atoms with Crippen molar-refractivity contribution in [2.75, 3.05) is 0 Å². The molecule has 0 saturated carbocycles. The second kappa shape index (κ2) is 6.43. The average molecular weight is 327 g/mol. The van der Waals surface area contributed by atoms with Crippen LogP contribution in [0.3, 0.4) is 0 Å². The van der Waals surface area contributed by atoms with E-state index < -0.39 is 41.5 Å². The first-order chi connectivity index (χ1) is 10.6. The molecule has 23 heavy (non-hydrogen) atoms. The number of hydrogen-bond acceptors (Lipinski definition) is 3. The van der Waals surface area contributed by atoms with Gasteiger partial charge in [0.2, 0.25) is 0 Å². The maximum Gasteiger partial charge on any atom is 0.411 e. The van der Waals surface area contributed by atoms with Crippen molar-refractivity contribution in [3.05, 3.63) is 35.4 Å². The minimum Gasteiger partial charge on any atom is -0.444 e. The second-order valence-electron chi connectivity index (χ2n) is 6.96. The zero-order valence-electron chi connectivity index (χ0n) is 13.8. The van der Waals surface area contributed by atoms with E-state index in [2.05, 4.69) is 0 Å². The summed E-state index contributed by atoms with van der Waals surface area (Å²) >= 11 is 0. The van der Waals surface area contributed by atoms with Crippen molar-refractivity contribution in [3.63, 3.8) is 0 Å². The fourth-order valence-corrected chi connectivity index (χ4v) is 2.94. The number of aliphatic hydroxyl groups excluding tert-OH is 1. The van der Waals surface area contributed by atoms with Gasteiger partial charge in [0.15, 0.2) is 11.6 Å². The highest BCUT2D eigenvalue weighted by Crippen LogP contribution is 2.38. The summed E-state index contributed by atoms with van der Waals surface area (Å²) in [7, 11) is 0. The van der Waals surface area contributed by atoms with Gasteiger partial charge in [-0.05, 0) is 58.2 Å². The summed E-state index contributed by atoms with van der Waals surface area (Å²) in [6.45, 7) is 6.87. The Balaban J connectivity index is 2.33. The van der Waals surface area contributed by atoms with Crippen LogP contribution in [-0.4, -0.2) is 33.8 Å². The minimum absolute atomic E-state index is 0.414. The third-order valence-electron chi connectivity index (χ3n) is 3.92. The molecule has 1 aliphatic rings. The fourth-order valence-electron chi connectivity index (χ4n) is 2.94. The molecule has 0 aromatic heterocycles. The Morgan fingerprint density at radius 1 is 1.30 bits per heavy atom. The number of carbonyl (C=O) groups is 1. The molecule has 1 saturated heterocycles. The van der Waals surface area contributed by atoms with E-state index >= 15 is 0 Å². The standard InChI is InChI=1S/C17H23F2NO3/c1-10(21)14-7-8-15(11-5-6-12(18)13(19)9-11)20(14)16(22)23-17(2,3)4/h5-6,9-10,14-15,21H,7-8H2,1-4H3/t10-,14-,15+/m1/s1. The molecule has 0 bridgehead atoms. The van der Waals surface area contributed by atoms with E-state index in [1.54, 1.807) is 27.7 Å². The molecule has 1 N–H and O–H groups in total. The number of rotatable bonds is 2. The molecule has 3 atom stereocenters. The number of nitrogens with zero attached hydrogens (tertiary/aromatic N) is 1. The first-order valence-corrected chi connectivity index (χ1v) is 7.74. The van der Waals surface area contributed by atoms with Gasteiger partial charge in [-0.3, -0.25) is 4.90 Å². The van der Waals surface area contributed by atoms with Gasteiger partial charge in [0.25, 0.3) is 0 Å². The molecule has 1 aliphatic heterocycles. The Morgan fingerprint density at radius 2 is 1.96 bits per heavy atom. The summed E-state index contributed by atoms with van der Waals surface area (Å²) in [6, 6.07) is 2.75. The first-order valence-electron chi connectivity index (χ1n) is 7.74. The Labute approximate surface area is 135 Å². The van der Waals surface area contributed by atoms with Crippen LogP contribution in [0.4, 0.5) is 13.6 Å². The van der Waals surface area contributed by atoms with Crippen molar-refractivity contribution in [3.8, 4) is 0 Å². The van der Waals surface area contributed by atoms with Crippen molar-refractivity contribution < 1.29 is 23.4 Å². The molecule has 0 spiro atoms. The third-order valence-corrected chi connectivity index (χ3v) is 3.92. The van der Waals surface area contributed by atoms with Crippen LogP contribution in [-0.2, 0) is 4.74 Å². The van der Waals surface area contributed by atoms with E-state index in [9.17, 15) is 18.7 Å². The van der Waals surface area contributed by atoms with Crippen molar-refractivity contribution in [1.82, 2.24) is 4.90 Å². The molecule has 0 radical (unpaired) electrons. The highest BCUT2D eigenvalue weighted by Gasteiger charge is 2.42. The highest BCUT2D eigenvalue weighted by atomic mass is 19.2. The Morgan fingerprint density at radius 3 is 2.48 bits per heavy atom. The Bertz CT molecular complexity index is 584. The Hall–Kier alpha value is -1.69. The first kappa shape index (κ1) is 17.7. The second-order valence-corrected chi connectivity index (χ2v) is 6.96. The number of amides is 1. The van der Waals surface area contributed by atoms with Crippen LogP contribution < -0.4 is 0 Å². The Kier molecular flexibility index (Phi) is 4.94. The molecule has 0 aliphatic carbocycles. The lowest BCUT2D eigenvalue weighted by atomic mass is 10.0. The lowest BCUT2D eigenvalue weighted by Crippen LogP contribution is -2.45. The van der Waals surface area contributed by atoms with Gasteiger partial charge >= 0.3 is 6.09 Å². The molecular formula is C17H23F2NO3. The van der Waals surface area contributed by atoms with Crippen molar-refractivity contribution in [1.29, 1.82) is 0 Å². The summed E-state index contributed by atoms with van der Waals surface area (Å²) in [6.07, 6.45) is -0.172. The lowest BCUT2D eigenvalue weighted by Gasteiger charge is -2.34. The summed E-state index contributed by atoms with van der Waals surface area (Å²) in [4.78, 5) is 14.0. The van der Waals surface area contributed by atoms with Crippen LogP contribution in [0, 0.1) is 11.6 Å². The number of ether oxygens (including phenoxy) is 1. The zero-order chi connectivity index (χ0) is 17.4. The highest BCUT2D eigenvalue weighted by molar-refractivity contribution is 5.70. The van der Waals surface area contributed by atoms with Gasteiger partial charge in [-0.25, -0.2) is 13.6 Å². The largest absolute Gasteiger partial charge is 0.444 e. The molecule has 6 heteroatoms. The SMILES string of the molecule is C[C@@H](O)[C@H]1CC[C@@H](c2ccc(F)c(F)c2)N1C(=O)OC(C)(C)C. The monoisotopic (exact) mass is 327 g/mol. The minimum atomic E-state index is -0.952. The number of aliphatic hydroxyl groups is 1. The van der Waals surface area contributed by atoms with Crippen LogP contribution >= 0.6 is 0 Å². The summed E-state index contributed by atoms with van der Waals surface area (Å²) in [5.41, 5.74) is -0.181. The number of halogens is 2. The van der Waals surface area contributed by atoms with Gasteiger partial charge in [0.05, 0.1) is 18.2 Å². The van der Waals surface area contributed by atoms with Gasteiger partial charge in [0.1, 0.15) is 5.60 Å². The lowest BCUT2D eigenvalue weighted by molar-refractivity contribution is -0.00168. The molecule has 1 amide bonds. The van der Waals surface area contributed by atoms with Crippen LogP contribution in [0.15, 0.2) is 18.2 Å². The third kappa shape index (κ3) is 3.99. The van der Waals surface area contributed by atoms with E-state index in [1.165, 1.54) is 11.0 Å². The van der Waals surface area contributed by atoms with E-state index in [1.807, 2.05) is 0 Å². The molecule has 1 aromatic carbocycles. The summed E-state index contributed by atoms with van der Waals surface area (Å²) in [5.74, 6) is -1.88. The maximum absolute atomic E-state index is 13.5. The van der Waals surface area contributed by atoms with Crippen LogP contribution in [0.2, 0.25) is 0 Å². The molecule has 4 nitrogen and oxygen atoms in total. The maximum atomic E-state index is 13.5. The van der Waals surface area contributed by atoms with Crippen LogP contribution in [0.25, 0.3) is 0 Å². The van der Waals surface area contributed by atoms with Crippen molar-refractivity contribution in [2.45, 2.75) is 64.3 Å². The summed E-state index contributed by atoms with van der Waals surface area (Å²) < 4.78 is 32.1. The van der Waals surface area contributed by atoms with E-state index in [-0.39, 0.29) is 0 Å². The van der Waals surface area contributed by atoms with E-state index in [0.717, 1.165) is 12.1 Å². The molecule has 1 heterocycles. The number of hydrogen-bond donors (Lipinski definition) is 1. The zero-order valence-corrected chi connectivity index (χ0v) is 13.8. The van der Waals surface area contributed by atoms with Gasteiger partial charge in [0, 0.05) is 0 Å². The van der Waals surface area contributed by atoms with Crippen LogP contribution in [0.1, 0.15) is 52.1 Å². The molecule has 0 unspecified atom stereocenters. The van der Waals surface area contributed by atoms with Gasteiger partial charge in [-0.1, -0.05) is 6.07 Å². The topological polar surface area (TPSA) is 49.8 Å². The van der Waals surface area contributed by atoms with Gasteiger partial charge < -0.3 is 9.84 Å². The number of likely N-dealkylation sites (tertiary alicyclic amines) is 1. The fraction of sp³-hybridized carbons (Fsp3) is 0.588. The smallest absolute Gasteiger partial charge is 0.411 e. The molecule has 1 aromatic rings. The molecule has 128 valence electrons. The molecular weight excluding hydrogens is 304 g/mol. The molecule has 2 rings (SSSR count). The van der Waals surface area contributed by atoms with Crippen molar-refractivity contribution >= 4 is 6.09 Å². The van der Waals surface area contributed by atoms with Crippen LogP contribution in [0.5, 0.6) is 0 Å². The predicted octanol–water partition coefficient (Wildman–Crippen LogP) is 3.79. The normalized spacial score (nSPS) is 23.0.